The largest absolute Gasteiger partial charge is 0.465 e. The van der Waals surface area contributed by atoms with Crippen LogP contribution in [0.5, 0.6) is 0 Å². The lowest BCUT2D eigenvalue weighted by molar-refractivity contribution is 0.00416. The van der Waals surface area contributed by atoms with Crippen molar-refractivity contribution in [3.8, 4) is 0 Å². The van der Waals surface area contributed by atoms with Gasteiger partial charge in [-0.15, -0.1) is 0 Å². The van der Waals surface area contributed by atoms with E-state index in [1.54, 1.807) is 6.92 Å². The molecule has 1 aromatic carbocycles. The van der Waals surface area contributed by atoms with Crippen molar-refractivity contribution in [3.05, 3.63) is 28.8 Å². The minimum atomic E-state index is -1.22. The lowest BCUT2D eigenvalue weighted by Gasteiger charge is -2.19. The van der Waals surface area contributed by atoms with Crippen LogP contribution in [0, 0.1) is 6.92 Å². The molecule has 0 spiro atoms. The molecule has 6 heteroatoms. The summed E-state index contributed by atoms with van der Waals surface area (Å²) in [5, 5.41) is 28.3. The number of anilines is 1. The highest BCUT2D eigenvalue weighted by atomic mass is 16.5. The van der Waals surface area contributed by atoms with Crippen molar-refractivity contribution in [2.24, 2.45) is 0 Å². The van der Waals surface area contributed by atoms with Crippen molar-refractivity contribution >= 4 is 11.7 Å². The van der Waals surface area contributed by atoms with Crippen LogP contribution in [0.15, 0.2) is 12.1 Å². The van der Waals surface area contributed by atoms with E-state index in [1.165, 1.54) is 19.2 Å². The Kier molecular flexibility index (Phi) is 5.29. The van der Waals surface area contributed by atoms with Gasteiger partial charge in [0.05, 0.1) is 18.8 Å². The van der Waals surface area contributed by atoms with E-state index in [1.807, 2.05) is 0 Å². The summed E-state index contributed by atoms with van der Waals surface area (Å²) in [4.78, 5) is 11.6. The molecule has 2 unspecified atom stereocenters. The van der Waals surface area contributed by atoms with Gasteiger partial charge < -0.3 is 25.8 Å². The number of carbonyl (C=O) groups excluding carboxylic acids is 1. The van der Waals surface area contributed by atoms with Crippen LogP contribution in [0.2, 0.25) is 0 Å². The summed E-state index contributed by atoms with van der Waals surface area (Å²) in [6, 6.07) is 2.93. The van der Waals surface area contributed by atoms with Crippen LogP contribution >= 0.6 is 0 Å². The minimum absolute atomic E-state index is 0.0303. The van der Waals surface area contributed by atoms with E-state index < -0.39 is 18.2 Å². The lowest BCUT2D eigenvalue weighted by Crippen LogP contribution is -2.20. The quantitative estimate of drug-likeness (QED) is 0.447. The molecule has 0 radical (unpaired) electrons. The first-order chi connectivity index (χ1) is 8.92. The highest BCUT2D eigenvalue weighted by Crippen LogP contribution is 2.26. The van der Waals surface area contributed by atoms with Crippen molar-refractivity contribution < 1.29 is 24.9 Å². The van der Waals surface area contributed by atoms with E-state index in [9.17, 15) is 15.0 Å². The number of carbonyl (C=O) groups is 1. The number of ether oxygens (including phenoxy) is 1. The molecular formula is C13H19NO5. The molecule has 0 aliphatic rings. The normalized spacial score (nSPS) is 13.9. The zero-order chi connectivity index (χ0) is 14.6. The highest BCUT2D eigenvalue weighted by Gasteiger charge is 2.21. The average Bonchev–Trinajstić information content (AvgIpc) is 2.40. The molecular weight excluding hydrogens is 250 g/mol. The number of hydrogen-bond acceptors (Lipinski definition) is 6. The summed E-state index contributed by atoms with van der Waals surface area (Å²) in [7, 11) is 1.25. The second-order valence-electron chi connectivity index (χ2n) is 4.30. The first-order valence-electron chi connectivity index (χ1n) is 5.87. The maximum atomic E-state index is 11.6. The Morgan fingerprint density at radius 2 is 2.05 bits per heavy atom. The minimum Gasteiger partial charge on any atom is -0.465 e. The maximum absolute atomic E-state index is 11.6. The summed E-state index contributed by atoms with van der Waals surface area (Å²) in [6.45, 7) is 1.42. The van der Waals surface area contributed by atoms with E-state index in [4.69, 9.17) is 10.8 Å². The molecule has 19 heavy (non-hydrogen) atoms. The van der Waals surface area contributed by atoms with Crippen LogP contribution in [0.3, 0.4) is 0 Å². The summed E-state index contributed by atoms with van der Waals surface area (Å²) in [6.07, 6.45) is -2.32. The summed E-state index contributed by atoms with van der Waals surface area (Å²) >= 11 is 0. The van der Waals surface area contributed by atoms with Crippen LogP contribution in [-0.2, 0) is 4.74 Å². The van der Waals surface area contributed by atoms with Gasteiger partial charge in [-0.05, 0) is 36.6 Å². The zero-order valence-corrected chi connectivity index (χ0v) is 11.0. The SMILES string of the molecule is COC(=O)c1cc(C(O)C(O)CCO)cc(N)c1C. The van der Waals surface area contributed by atoms with Crippen LogP contribution in [-0.4, -0.2) is 41.1 Å². The molecule has 0 heterocycles. The Bertz CT molecular complexity index is 461. The van der Waals surface area contributed by atoms with E-state index in [-0.39, 0.29) is 18.6 Å². The maximum Gasteiger partial charge on any atom is 0.338 e. The van der Waals surface area contributed by atoms with Gasteiger partial charge in [-0.1, -0.05) is 0 Å². The molecule has 0 aliphatic carbocycles. The first kappa shape index (κ1) is 15.4. The second kappa shape index (κ2) is 6.51. The monoisotopic (exact) mass is 269 g/mol. The van der Waals surface area contributed by atoms with E-state index in [0.29, 0.717) is 16.8 Å². The number of nitrogens with two attached hydrogens (primary N) is 1. The molecule has 0 saturated heterocycles. The van der Waals surface area contributed by atoms with Gasteiger partial charge >= 0.3 is 5.97 Å². The van der Waals surface area contributed by atoms with E-state index >= 15 is 0 Å². The molecule has 5 N–H and O–H groups in total. The van der Waals surface area contributed by atoms with Gasteiger partial charge in [0.2, 0.25) is 0 Å². The summed E-state index contributed by atoms with van der Waals surface area (Å²) in [5.74, 6) is -0.560. The molecule has 1 rings (SSSR count). The summed E-state index contributed by atoms with van der Waals surface area (Å²) in [5.41, 5.74) is 7.21. The van der Waals surface area contributed by atoms with E-state index in [0.717, 1.165) is 0 Å². The standard InChI is InChI=1S/C13H19NO5/c1-7-9(13(18)19-2)5-8(6-10(7)14)12(17)11(16)3-4-15/h5-6,11-12,15-17H,3-4,14H2,1-2H3. The third-order valence-corrected chi connectivity index (χ3v) is 3.01. The van der Waals surface area contributed by atoms with Crippen LogP contribution in [0.1, 0.15) is 34.0 Å². The molecule has 106 valence electrons. The van der Waals surface area contributed by atoms with Crippen molar-refractivity contribution in [2.45, 2.75) is 25.6 Å². The molecule has 0 amide bonds. The number of hydrogen-bond donors (Lipinski definition) is 4. The highest BCUT2D eigenvalue weighted by molar-refractivity contribution is 5.92. The smallest absolute Gasteiger partial charge is 0.338 e. The topological polar surface area (TPSA) is 113 Å². The Labute approximate surface area is 111 Å². The second-order valence-corrected chi connectivity index (χ2v) is 4.30. The number of aliphatic hydroxyl groups is 3. The van der Waals surface area contributed by atoms with Crippen LogP contribution in [0.25, 0.3) is 0 Å². The number of aliphatic hydroxyl groups excluding tert-OH is 3. The van der Waals surface area contributed by atoms with Gasteiger partial charge in [-0.3, -0.25) is 0 Å². The molecule has 0 saturated carbocycles. The summed E-state index contributed by atoms with van der Waals surface area (Å²) < 4.78 is 4.64. The number of nitrogen functional groups attached to an aromatic ring is 1. The third-order valence-electron chi connectivity index (χ3n) is 3.01. The van der Waals surface area contributed by atoms with Gasteiger partial charge in [-0.25, -0.2) is 4.79 Å². The Morgan fingerprint density at radius 3 is 2.58 bits per heavy atom. The molecule has 0 bridgehead atoms. The number of methoxy groups -OCH3 is 1. The predicted molar refractivity (Wildman–Crippen MR) is 69.6 cm³/mol. The zero-order valence-electron chi connectivity index (χ0n) is 11.0. The fraction of sp³-hybridized carbons (Fsp3) is 0.462. The molecule has 1 aromatic rings. The number of esters is 1. The average molecular weight is 269 g/mol. The molecule has 0 aliphatic heterocycles. The van der Waals surface area contributed by atoms with Crippen LogP contribution < -0.4 is 5.73 Å². The fourth-order valence-corrected chi connectivity index (χ4v) is 1.76. The predicted octanol–water partition coefficient (Wildman–Crippen LogP) is 0.141. The van der Waals surface area contributed by atoms with Gasteiger partial charge in [-0.2, -0.15) is 0 Å². The van der Waals surface area contributed by atoms with Crippen molar-refractivity contribution in [2.75, 3.05) is 19.5 Å². The van der Waals surface area contributed by atoms with Gasteiger partial charge in [0, 0.05) is 12.3 Å². The third kappa shape index (κ3) is 3.44. The molecule has 0 fully saturated rings. The fourth-order valence-electron chi connectivity index (χ4n) is 1.76. The lowest BCUT2D eigenvalue weighted by atomic mass is 9.96. The first-order valence-corrected chi connectivity index (χ1v) is 5.87. The number of rotatable bonds is 5. The Morgan fingerprint density at radius 1 is 1.42 bits per heavy atom. The van der Waals surface area contributed by atoms with Crippen LogP contribution in [0.4, 0.5) is 5.69 Å². The van der Waals surface area contributed by atoms with Crippen molar-refractivity contribution in [1.29, 1.82) is 0 Å². The molecule has 2 atom stereocenters. The van der Waals surface area contributed by atoms with Crippen molar-refractivity contribution in [3.63, 3.8) is 0 Å². The molecule has 0 aromatic heterocycles. The van der Waals surface area contributed by atoms with Gasteiger partial charge in [0.25, 0.3) is 0 Å². The van der Waals surface area contributed by atoms with Gasteiger partial charge in [0.1, 0.15) is 6.10 Å². The Balaban J connectivity index is 3.16. The number of benzene rings is 1. The van der Waals surface area contributed by atoms with Gasteiger partial charge in [0.15, 0.2) is 0 Å². The molecule has 6 nitrogen and oxygen atoms in total. The Hall–Kier alpha value is -1.63. The van der Waals surface area contributed by atoms with E-state index in [2.05, 4.69) is 4.74 Å². The van der Waals surface area contributed by atoms with Crippen molar-refractivity contribution in [1.82, 2.24) is 0 Å².